The Balaban J connectivity index is 3.41. The zero-order valence-electron chi connectivity index (χ0n) is 11.7. The summed E-state index contributed by atoms with van der Waals surface area (Å²) >= 11 is 5.94. The first-order chi connectivity index (χ1) is 9.65. The van der Waals surface area contributed by atoms with Gasteiger partial charge < -0.3 is 11.5 Å². The van der Waals surface area contributed by atoms with E-state index in [1.165, 1.54) is 19.9 Å². The van der Waals surface area contributed by atoms with Gasteiger partial charge in [0.2, 0.25) is 0 Å². The Morgan fingerprint density at radius 1 is 1.00 bits per heavy atom. The Morgan fingerprint density at radius 3 is 1.95 bits per heavy atom. The van der Waals surface area contributed by atoms with Crippen molar-refractivity contribution in [2.75, 3.05) is 11.5 Å². The number of benzene rings is 1. The number of halogens is 1. The number of rotatable bonds is 6. The van der Waals surface area contributed by atoms with Crippen LogP contribution in [0.2, 0.25) is 5.02 Å². The molecule has 0 heterocycles. The molecule has 7 heteroatoms. The van der Waals surface area contributed by atoms with Crippen molar-refractivity contribution >= 4 is 46.1 Å². The average Bonchev–Trinajstić information content (AvgIpc) is 2.32. The van der Waals surface area contributed by atoms with E-state index in [2.05, 4.69) is 0 Å². The van der Waals surface area contributed by atoms with Gasteiger partial charge >= 0.3 is 0 Å². The summed E-state index contributed by atoms with van der Waals surface area (Å²) in [6.45, 7) is 2.51. The molecule has 0 atom stereocenters. The molecule has 21 heavy (non-hydrogen) atoms. The van der Waals surface area contributed by atoms with Crippen LogP contribution >= 0.6 is 11.6 Å². The van der Waals surface area contributed by atoms with E-state index in [1.807, 2.05) is 0 Å². The van der Waals surface area contributed by atoms with Crippen molar-refractivity contribution in [3.05, 3.63) is 22.2 Å². The van der Waals surface area contributed by atoms with E-state index in [1.54, 1.807) is 0 Å². The maximum absolute atomic E-state index is 12.0. The number of nitrogens with two attached hydrogens (primary N) is 2. The predicted molar refractivity (Wildman–Crippen MR) is 79.5 cm³/mol. The van der Waals surface area contributed by atoms with Crippen molar-refractivity contribution in [3.63, 3.8) is 0 Å². The summed E-state index contributed by atoms with van der Waals surface area (Å²) < 4.78 is 0. The van der Waals surface area contributed by atoms with Crippen molar-refractivity contribution in [3.8, 4) is 0 Å². The van der Waals surface area contributed by atoms with E-state index < -0.39 is 18.0 Å². The number of Topliss-reactive ketones (excluding diaryl/α,β-unsaturated/α-hetero) is 4. The quantitative estimate of drug-likeness (QED) is 0.470. The van der Waals surface area contributed by atoms with Crippen LogP contribution in [0.5, 0.6) is 0 Å². The summed E-state index contributed by atoms with van der Waals surface area (Å²) in [5.74, 6) is -1.88. The molecule has 1 aromatic rings. The monoisotopic (exact) mass is 310 g/mol. The van der Waals surface area contributed by atoms with E-state index in [4.69, 9.17) is 23.1 Å². The SMILES string of the molecule is CC(=O)CC(=O)c1cc(N)c(Cl)c(C(=O)CC(C)=O)c1N. The fourth-order valence-corrected chi connectivity index (χ4v) is 2.09. The molecule has 0 aliphatic heterocycles. The van der Waals surface area contributed by atoms with Crippen molar-refractivity contribution in [2.24, 2.45) is 0 Å². The molecule has 4 N–H and O–H groups in total. The highest BCUT2D eigenvalue weighted by Crippen LogP contribution is 2.33. The lowest BCUT2D eigenvalue weighted by Crippen LogP contribution is -2.15. The average molecular weight is 311 g/mol. The molecular formula is C14H15ClN2O4. The van der Waals surface area contributed by atoms with E-state index in [0.29, 0.717) is 0 Å². The van der Waals surface area contributed by atoms with Crippen LogP contribution in [0, 0.1) is 0 Å². The predicted octanol–water partition coefficient (Wildman–Crippen LogP) is 1.83. The number of hydrogen-bond acceptors (Lipinski definition) is 6. The third kappa shape index (κ3) is 3.88. The Labute approximate surface area is 126 Å². The molecule has 0 saturated heterocycles. The Bertz CT molecular complexity index is 653. The maximum Gasteiger partial charge on any atom is 0.173 e. The number of ketones is 4. The normalized spacial score (nSPS) is 10.2. The van der Waals surface area contributed by atoms with Gasteiger partial charge in [-0.2, -0.15) is 0 Å². The second-order valence-corrected chi connectivity index (χ2v) is 5.10. The van der Waals surface area contributed by atoms with E-state index in [9.17, 15) is 19.2 Å². The first-order valence-electron chi connectivity index (χ1n) is 6.07. The number of carbonyl (C=O) groups excluding carboxylic acids is 4. The fourth-order valence-electron chi connectivity index (χ4n) is 1.83. The van der Waals surface area contributed by atoms with Gasteiger partial charge in [0, 0.05) is 5.56 Å². The summed E-state index contributed by atoms with van der Waals surface area (Å²) in [5.41, 5.74) is 11.1. The molecule has 0 saturated carbocycles. The third-order valence-electron chi connectivity index (χ3n) is 2.73. The number of hydrogen-bond donors (Lipinski definition) is 2. The molecule has 0 aromatic heterocycles. The van der Waals surface area contributed by atoms with Gasteiger partial charge in [-0.3, -0.25) is 19.2 Å². The van der Waals surface area contributed by atoms with Crippen LogP contribution in [0.1, 0.15) is 47.4 Å². The van der Waals surface area contributed by atoms with Gasteiger partial charge in [0.1, 0.15) is 11.6 Å². The van der Waals surface area contributed by atoms with Gasteiger partial charge in [0.25, 0.3) is 0 Å². The topological polar surface area (TPSA) is 120 Å². The lowest BCUT2D eigenvalue weighted by molar-refractivity contribution is -0.117. The van der Waals surface area contributed by atoms with Crippen LogP contribution in [0.25, 0.3) is 0 Å². The molecule has 1 aromatic carbocycles. The molecule has 0 unspecified atom stereocenters. The summed E-state index contributed by atoms with van der Waals surface area (Å²) in [6, 6.07) is 1.23. The Kier molecular flexibility index (Phi) is 5.21. The van der Waals surface area contributed by atoms with Crippen molar-refractivity contribution in [2.45, 2.75) is 26.7 Å². The lowest BCUT2D eigenvalue weighted by Gasteiger charge is -2.13. The van der Waals surface area contributed by atoms with Crippen LogP contribution in [-0.4, -0.2) is 23.1 Å². The maximum atomic E-state index is 12.0. The van der Waals surface area contributed by atoms with Gasteiger partial charge in [0.05, 0.1) is 34.8 Å². The van der Waals surface area contributed by atoms with Crippen LogP contribution in [0.3, 0.4) is 0 Å². The largest absolute Gasteiger partial charge is 0.398 e. The lowest BCUT2D eigenvalue weighted by atomic mass is 9.96. The molecular weight excluding hydrogens is 296 g/mol. The Hall–Kier alpha value is -2.21. The van der Waals surface area contributed by atoms with Crippen molar-refractivity contribution < 1.29 is 19.2 Å². The number of anilines is 2. The van der Waals surface area contributed by atoms with Crippen LogP contribution < -0.4 is 11.5 Å². The van der Waals surface area contributed by atoms with Crippen LogP contribution in [0.15, 0.2) is 6.07 Å². The van der Waals surface area contributed by atoms with Crippen molar-refractivity contribution in [1.29, 1.82) is 0 Å². The van der Waals surface area contributed by atoms with Gasteiger partial charge in [-0.25, -0.2) is 0 Å². The molecule has 1 rings (SSSR count). The highest BCUT2D eigenvalue weighted by atomic mass is 35.5. The molecule has 6 nitrogen and oxygen atoms in total. The van der Waals surface area contributed by atoms with Crippen LogP contribution in [0.4, 0.5) is 11.4 Å². The number of carbonyl (C=O) groups is 4. The number of nitrogen functional groups attached to an aromatic ring is 2. The highest BCUT2D eigenvalue weighted by molar-refractivity contribution is 6.38. The fraction of sp³-hybridized carbons (Fsp3) is 0.286. The molecule has 0 radical (unpaired) electrons. The zero-order chi connectivity index (χ0) is 16.3. The molecule has 0 bridgehead atoms. The van der Waals surface area contributed by atoms with Gasteiger partial charge in [-0.1, -0.05) is 11.6 Å². The molecule has 112 valence electrons. The smallest absolute Gasteiger partial charge is 0.173 e. The van der Waals surface area contributed by atoms with Crippen LogP contribution in [-0.2, 0) is 9.59 Å². The second kappa shape index (κ2) is 6.49. The molecule has 0 aliphatic rings. The van der Waals surface area contributed by atoms with Gasteiger partial charge in [-0.15, -0.1) is 0 Å². The van der Waals surface area contributed by atoms with E-state index >= 15 is 0 Å². The minimum atomic E-state index is -0.617. The molecule has 0 spiro atoms. The van der Waals surface area contributed by atoms with Gasteiger partial charge in [-0.05, 0) is 19.9 Å². The van der Waals surface area contributed by atoms with E-state index in [0.717, 1.165) is 0 Å². The summed E-state index contributed by atoms with van der Waals surface area (Å²) in [5, 5.41) is -0.0990. The Morgan fingerprint density at radius 2 is 1.48 bits per heavy atom. The summed E-state index contributed by atoms with van der Waals surface area (Å²) in [4.78, 5) is 46.1. The minimum absolute atomic E-state index is 0.00956. The standard InChI is InChI=1S/C14H15ClN2O4/c1-6(18)3-10(20)8-5-9(16)13(15)12(14(8)17)11(21)4-7(2)19/h5H,3-4,16-17H2,1-2H3. The zero-order valence-corrected chi connectivity index (χ0v) is 12.4. The highest BCUT2D eigenvalue weighted by Gasteiger charge is 2.23. The third-order valence-corrected chi connectivity index (χ3v) is 3.14. The second-order valence-electron chi connectivity index (χ2n) is 4.72. The summed E-state index contributed by atoms with van der Waals surface area (Å²) in [6.07, 6.45) is -0.751. The van der Waals surface area contributed by atoms with Crippen molar-refractivity contribution in [1.82, 2.24) is 0 Å². The first kappa shape index (κ1) is 16.8. The molecule has 0 amide bonds. The summed E-state index contributed by atoms with van der Waals surface area (Å²) in [7, 11) is 0. The molecule has 0 aliphatic carbocycles. The van der Waals surface area contributed by atoms with Gasteiger partial charge in [0.15, 0.2) is 11.6 Å². The minimum Gasteiger partial charge on any atom is -0.398 e. The molecule has 0 fully saturated rings. The first-order valence-corrected chi connectivity index (χ1v) is 6.45. The van der Waals surface area contributed by atoms with E-state index in [-0.39, 0.29) is 45.5 Å².